The van der Waals surface area contributed by atoms with E-state index in [1.807, 2.05) is 110 Å². The monoisotopic (exact) mass is 1020 g/mol. The number of H-pyrrole nitrogens is 1. The molecular formula is C55H59N19S. The zero-order valence-corrected chi connectivity index (χ0v) is 46.3. The van der Waals surface area contributed by atoms with Crippen LogP contribution in [0.1, 0.15) is 130 Å². The maximum atomic E-state index is 10.9. The molecule has 2 aromatic carbocycles. The SMILES string of the molecule is [C-]#[N+]c1c(C(C)(C)C)nn(-c2nnc(-n3nc(C(C)(C)C)c(C#N)c3N=Nc3c(C)cc(N(C#CC#C)c4c(C)cc(C)cc4C)nc3Nc3c(C)cc(C)cc3C)s2)c1N=Nc1c(C(C)(C)C)nn2nc(C)[nH]c12. The number of benzene rings is 2. The minimum Gasteiger partial charge on any atom is -0.338 e. The molecule has 0 atom stereocenters. The summed E-state index contributed by atoms with van der Waals surface area (Å²) in [6.07, 6.45) is 5.72. The van der Waals surface area contributed by atoms with E-state index in [1.54, 1.807) is 4.90 Å². The zero-order valence-electron chi connectivity index (χ0n) is 45.5. The number of pyridine rings is 1. The predicted molar refractivity (Wildman–Crippen MR) is 294 cm³/mol. The van der Waals surface area contributed by atoms with Gasteiger partial charge in [-0.1, -0.05) is 109 Å². The van der Waals surface area contributed by atoms with Crippen molar-refractivity contribution in [3.05, 3.63) is 109 Å². The number of azo groups is 2. The summed E-state index contributed by atoms with van der Waals surface area (Å²) in [7, 11) is 0. The number of hydrogen-bond donors (Lipinski definition) is 2. The summed E-state index contributed by atoms with van der Waals surface area (Å²) in [6.45, 7) is 42.2. The highest BCUT2D eigenvalue weighted by Crippen LogP contribution is 2.45. The van der Waals surface area contributed by atoms with Crippen molar-refractivity contribution in [1.29, 1.82) is 5.26 Å². The molecule has 0 radical (unpaired) electrons. The van der Waals surface area contributed by atoms with Crippen LogP contribution in [0.5, 0.6) is 0 Å². The van der Waals surface area contributed by atoms with Crippen molar-refractivity contribution in [2.75, 3.05) is 10.2 Å². The molecule has 0 aliphatic rings. The fraction of sp³-hybridized carbons (Fsp3) is 0.364. The van der Waals surface area contributed by atoms with Crippen LogP contribution < -0.4 is 10.2 Å². The van der Waals surface area contributed by atoms with Gasteiger partial charge in [0.25, 0.3) is 5.69 Å². The number of nitriles is 1. The first-order valence-electron chi connectivity index (χ1n) is 24.1. The maximum Gasteiger partial charge on any atom is 0.255 e. The van der Waals surface area contributed by atoms with Crippen molar-refractivity contribution in [3.63, 3.8) is 0 Å². The number of hydrogen-bond acceptors (Lipinski definition) is 15. The van der Waals surface area contributed by atoms with Crippen LogP contribution in [-0.2, 0) is 16.2 Å². The smallest absolute Gasteiger partial charge is 0.255 e. The average molecular weight is 1020 g/mol. The van der Waals surface area contributed by atoms with Crippen molar-refractivity contribution < 1.29 is 0 Å². The van der Waals surface area contributed by atoms with E-state index < -0.39 is 16.2 Å². The molecule has 8 rings (SSSR count). The van der Waals surface area contributed by atoms with Gasteiger partial charge in [-0.2, -0.15) is 29.9 Å². The second-order valence-electron chi connectivity index (χ2n) is 21.7. The molecule has 6 heterocycles. The van der Waals surface area contributed by atoms with Gasteiger partial charge in [0.2, 0.25) is 10.3 Å². The van der Waals surface area contributed by atoms with Crippen molar-refractivity contribution in [2.45, 2.75) is 134 Å². The van der Waals surface area contributed by atoms with E-state index in [2.05, 4.69) is 92.5 Å². The number of fused-ring (bicyclic) bond motifs is 1. The van der Waals surface area contributed by atoms with Crippen molar-refractivity contribution >= 4 is 68.7 Å². The Morgan fingerprint density at radius 1 is 0.693 bits per heavy atom. The predicted octanol–water partition coefficient (Wildman–Crippen LogP) is 13.8. The third kappa shape index (κ3) is 10.1. The molecule has 8 aromatic rings. The molecule has 0 spiro atoms. The molecule has 0 saturated heterocycles. The summed E-state index contributed by atoms with van der Waals surface area (Å²) in [4.78, 5) is 14.2. The Morgan fingerprint density at radius 3 is 1.80 bits per heavy atom. The Kier molecular flexibility index (Phi) is 13.7. The first-order valence-corrected chi connectivity index (χ1v) is 24.9. The summed E-state index contributed by atoms with van der Waals surface area (Å²) in [5.41, 5.74) is 10.5. The van der Waals surface area contributed by atoms with Gasteiger partial charge < -0.3 is 10.3 Å². The van der Waals surface area contributed by atoms with E-state index >= 15 is 0 Å². The lowest BCUT2D eigenvalue weighted by Crippen LogP contribution is -2.15. The summed E-state index contributed by atoms with van der Waals surface area (Å²) < 4.78 is 4.44. The number of rotatable bonds is 10. The highest BCUT2D eigenvalue weighted by atomic mass is 32.1. The molecule has 0 bridgehead atoms. The molecule has 0 saturated carbocycles. The summed E-state index contributed by atoms with van der Waals surface area (Å²) in [5.74, 6) is 7.07. The number of terminal acetylenes is 1. The minimum absolute atomic E-state index is 0.113. The van der Waals surface area contributed by atoms with Crippen LogP contribution in [0.3, 0.4) is 0 Å². The maximum absolute atomic E-state index is 10.9. The van der Waals surface area contributed by atoms with Gasteiger partial charge in [0.05, 0.1) is 29.3 Å². The van der Waals surface area contributed by atoms with Crippen LogP contribution in [-0.4, -0.2) is 54.6 Å². The number of nitrogens with zero attached hydrogens (tertiary/aromatic N) is 17. The second-order valence-corrected chi connectivity index (χ2v) is 22.7. The minimum atomic E-state index is -0.615. The highest BCUT2D eigenvalue weighted by Gasteiger charge is 2.33. The molecule has 0 unspecified atom stereocenters. The quantitative estimate of drug-likeness (QED) is 0.0572. The van der Waals surface area contributed by atoms with E-state index in [9.17, 15) is 5.26 Å². The molecule has 2 N–H and O–H groups in total. The van der Waals surface area contributed by atoms with Crippen LogP contribution in [0.4, 0.5) is 51.7 Å². The Labute approximate surface area is 441 Å². The lowest BCUT2D eigenvalue weighted by Gasteiger charge is -2.24. The van der Waals surface area contributed by atoms with Gasteiger partial charge in [-0.15, -0.1) is 46.8 Å². The molecule has 0 amide bonds. The summed E-state index contributed by atoms with van der Waals surface area (Å²) >= 11 is 1.11. The molecule has 20 heteroatoms. The van der Waals surface area contributed by atoms with Crippen LogP contribution in [0, 0.1) is 97.6 Å². The summed E-state index contributed by atoms with van der Waals surface area (Å²) in [5, 5.41) is 62.6. The Balaban J connectivity index is 1.30. The lowest BCUT2D eigenvalue weighted by molar-refractivity contribution is 0.557. The number of aryl methyl sites for hydroxylation is 8. The molecule has 0 aliphatic heterocycles. The third-order valence-corrected chi connectivity index (χ3v) is 13.0. The highest BCUT2D eigenvalue weighted by molar-refractivity contribution is 7.16. The van der Waals surface area contributed by atoms with E-state index in [-0.39, 0.29) is 33.1 Å². The number of aromatic nitrogens is 11. The first-order chi connectivity index (χ1) is 35.2. The normalized spacial score (nSPS) is 12.1. The zero-order chi connectivity index (χ0) is 54.6. The van der Waals surface area contributed by atoms with Crippen LogP contribution in [0.15, 0.2) is 50.8 Å². The van der Waals surface area contributed by atoms with Gasteiger partial charge in [0.1, 0.15) is 29.0 Å². The number of anilines is 4. The Morgan fingerprint density at radius 2 is 1.24 bits per heavy atom. The largest absolute Gasteiger partial charge is 0.338 e. The second kappa shape index (κ2) is 19.5. The number of aromatic amines is 1. The molecule has 19 nitrogen and oxygen atoms in total. The average Bonchev–Trinajstić information content (AvgIpc) is 4.14. The van der Waals surface area contributed by atoms with Crippen LogP contribution in [0.25, 0.3) is 20.8 Å². The molecule has 6 aromatic heterocycles. The van der Waals surface area contributed by atoms with E-state index in [0.29, 0.717) is 57.1 Å². The van der Waals surface area contributed by atoms with Crippen molar-refractivity contribution in [1.82, 2.24) is 54.6 Å². The van der Waals surface area contributed by atoms with Gasteiger partial charge in [-0.3, -0.25) is 4.90 Å². The Hall–Kier alpha value is -8.85. The van der Waals surface area contributed by atoms with Crippen molar-refractivity contribution in [3.8, 4) is 40.6 Å². The van der Waals surface area contributed by atoms with Gasteiger partial charge in [-0.05, 0) is 101 Å². The van der Waals surface area contributed by atoms with Crippen LogP contribution >= 0.6 is 11.3 Å². The van der Waals surface area contributed by atoms with Crippen LogP contribution in [0.2, 0.25) is 0 Å². The van der Waals surface area contributed by atoms with Crippen molar-refractivity contribution in [2.24, 2.45) is 20.5 Å². The number of nitrogens with one attached hydrogen (secondary N) is 2. The molecule has 75 heavy (non-hydrogen) atoms. The van der Waals surface area contributed by atoms with E-state index in [4.69, 9.17) is 53.7 Å². The molecular weight excluding hydrogens is 959 g/mol. The van der Waals surface area contributed by atoms with Gasteiger partial charge in [-0.25, -0.2) is 9.83 Å². The topological polar surface area (TPSA) is 213 Å². The first kappa shape index (κ1) is 52.5. The van der Waals surface area contributed by atoms with Gasteiger partial charge in [0, 0.05) is 28.5 Å². The van der Waals surface area contributed by atoms with E-state index in [1.165, 1.54) is 14.0 Å². The fourth-order valence-electron chi connectivity index (χ4n) is 8.90. The molecule has 380 valence electrons. The van der Waals surface area contributed by atoms with Gasteiger partial charge in [0.15, 0.2) is 28.8 Å². The third-order valence-electron chi connectivity index (χ3n) is 12.1. The summed E-state index contributed by atoms with van der Waals surface area (Å²) in [6, 6.07) is 15.8. The standard InChI is InChI=1S/C55H59N19S/c1-20-21-22-71(43-34(7)25-30(3)26-35(43)8)38-27-33(6)40(47(59-38)60-39-31(4)23-29(2)24-32(39)5)61-63-48-37(28-56)44(53(10,11)12)68-72(48)51-65-66-52(75-51)73-50(41(57-19)45(69-73)54(13,14)15)64-62-42-46(55(16,17)18)70-74-49(42)58-36(9)67-74/h1,23-27H,2-18H3,(H,58,67)(H,59,60). The molecule has 0 aliphatic carbocycles. The lowest BCUT2D eigenvalue weighted by atomic mass is 9.90. The van der Waals surface area contributed by atoms with E-state index in [0.717, 1.165) is 56.1 Å². The fourth-order valence-corrected chi connectivity index (χ4v) is 9.66. The Bertz CT molecular complexity index is 3800. The van der Waals surface area contributed by atoms with Gasteiger partial charge >= 0.3 is 0 Å². The molecule has 0 fully saturated rings.